The van der Waals surface area contributed by atoms with Gasteiger partial charge in [0.1, 0.15) is 5.82 Å². The van der Waals surface area contributed by atoms with Crippen LogP contribution >= 0.6 is 0 Å². The van der Waals surface area contributed by atoms with Gasteiger partial charge in [-0.3, -0.25) is 14.7 Å². The molecule has 6 rings (SSSR count). The Morgan fingerprint density at radius 1 is 1.22 bits per heavy atom. The number of ether oxygens (including phenoxy) is 1. The topological polar surface area (TPSA) is 129 Å². The Morgan fingerprint density at radius 2 is 2.08 bits per heavy atom. The van der Waals surface area contributed by atoms with Crippen LogP contribution in [0.25, 0.3) is 16.6 Å². The highest BCUT2D eigenvalue weighted by molar-refractivity contribution is 6.06. The van der Waals surface area contributed by atoms with Crippen LogP contribution in [0.3, 0.4) is 0 Å². The van der Waals surface area contributed by atoms with Gasteiger partial charge in [-0.05, 0) is 67.4 Å². The molecule has 0 bridgehead atoms. The van der Waals surface area contributed by atoms with Gasteiger partial charge >= 0.3 is 5.97 Å². The number of Topliss-reactive ketones (excluding diaryl/α,β-unsaturated/α-hetero) is 1. The van der Waals surface area contributed by atoms with Gasteiger partial charge < -0.3 is 10.5 Å². The number of nitrogens with zero attached hydrogens (tertiary/aromatic N) is 6. The van der Waals surface area contributed by atoms with Crippen LogP contribution in [0.5, 0.6) is 0 Å². The lowest BCUT2D eigenvalue weighted by Gasteiger charge is -2.40. The fourth-order valence-electron chi connectivity index (χ4n) is 5.44. The molecule has 4 heterocycles. The van der Waals surface area contributed by atoms with Gasteiger partial charge in [0.2, 0.25) is 0 Å². The van der Waals surface area contributed by atoms with Crippen molar-refractivity contribution >= 4 is 34.0 Å². The number of rotatable bonds is 4. The summed E-state index contributed by atoms with van der Waals surface area (Å²) in [6.07, 6.45) is 5.01. The highest BCUT2D eigenvalue weighted by atomic mass is 16.5. The number of nitrogens with two attached hydrogens (primary N) is 1. The van der Waals surface area contributed by atoms with Crippen LogP contribution in [0, 0.1) is 6.92 Å². The maximum atomic E-state index is 13.6. The van der Waals surface area contributed by atoms with E-state index in [-0.39, 0.29) is 23.8 Å². The second-order valence-corrected chi connectivity index (χ2v) is 9.21. The highest BCUT2D eigenvalue weighted by Crippen LogP contribution is 2.47. The van der Waals surface area contributed by atoms with Crippen molar-refractivity contribution in [3.05, 3.63) is 82.6 Å². The van der Waals surface area contributed by atoms with Gasteiger partial charge in [0, 0.05) is 34.8 Å². The standard InChI is InChI=1S/C27H25N7O3/c1-3-37-27(36)24-22(18-13-16-12-15(2)9-10-19(16)34-26(18)30-31-32-34)23-20(7-4-8-21(23)35)33(25(24)28)17-6-5-11-29-14-17/h5-6,9-14,22H,3-4,7-8,28H2,1-2H3. The minimum absolute atomic E-state index is 0.0376. The Bertz CT molecular complexity index is 1640. The maximum absolute atomic E-state index is 13.6. The smallest absolute Gasteiger partial charge is 0.338 e. The van der Waals surface area contributed by atoms with Crippen LogP contribution in [0.1, 0.15) is 43.2 Å². The second kappa shape index (κ2) is 8.81. The summed E-state index contributed by atoms with van der Waals surface area (Å²) in [7, 11) is 0. The van der Waals surface area contributed by atoms with Crippen molar-refractivity contribution in [2.45, 2.75) is 39.0 Å². The number of pyridine rings is 2. The molecule has 0 radical (unpaired) electrons. The van der Waals surface area contributed by atoms with E-state index < -0.39 is 11.9 Å². The van der Waals surface area contributed by atoms with E-state index >= 15 is 0 Å². The number of aromatic nitrogens is 5. The van der Waals surface area contributed by atoms with E-state index in [0.29, 0.717) is 41.7 Å². The van der Waals surface area contributed by atoms with Crippen LogP contribution in [0.15, 0.2) is 71.5 Å². The molecule has 1 aliphatic heterocycles. The predicted octanol–water partition coefficient (Wildman–Crippen LogP) is 3.33. The molecule has 2 N–H and O–H groups in total. The zero-order chi connectivity index (χ0) is 25.7. The van der Waals surface area contributed by atoms with Crippen molar-refractivity contribution in [2.24, 2.45) is 5.73 Å². The molecular formula is C27H25N7O3. The lowest BCUT2D eigenvalue weighted by atomic mass is 9.75. The molecule has 0 saturated heterocycles. The van der Waals surface area contributed by atoms with Gasteiger partial charge in [0.05, 0.1) is 35.5 Å². The van der Waals surface area contributed by atoms with Crippen molar-refractivity contribution in [1.29, 1.82) is 0 Å². The molecule has 3 aromatic heterocycles. The molecule has 10 heteroatoms. The lowest BCUT2D eigenvalue weighted by molar-refractivity contribution is -0.138. The van der Waals surface area contributed by atoms with Gasteiger partial charge in [-0.25, -0.2) is 4.79 Å². The number of hydrogen-bond donors (Lipinski definition) is 1. The van der Waals surface area contributed by atoms with Crippen LogP contribution in [0.4, 0.5) is 5.69 Å². The van der Waals surface area contributed by atoms with Crippen LogP contribution in [0.2, 0.25) is 0 Å². The number of ketones is 1. The van der Waals surface area contributed by atoms with Crippen molar-refractivity contribution in [3.63, 3.8) is 0 Å². The summed E-state index contributed by atoms with van der Waals surface area (Å²) in [4.78, 5) is 33.2. The number of aryl methyl sites for hydroxylation is 1. The molecule has 10 nitrogen and oxygen atoms in total. The molecule has 0 saturated carbocycles. The number of carbonyl (C=O) groups excluding carboxylic acids is 2. The van der Waals surface area contributed by atoms with E-state index in [1.807, 2.05) is 37.3 Å². The van der Waals surface area contributed by atoms with E-state index in [2.05, 4.69) is 20.5 Å². The zero-order valence-corrected chi connectivity index (χ0v) is 20.5. The van der Waals surface area contributed by atoms with Crippen LogP contribution in [-0.4, -0.2) is 43.4 Å². The summed E-state index contributed by atoms with van der Waals surface area (Å²) in [6, 6.07) is 11.6. The molecule has 37 heavy (non-hydrogen) atoms. The molecular weight excluding hydrogens is 470 g/mol. The molecule has 1 aliphatic carbocycles. The Morgan fingerprint density at radius 3 is 2.86 bits per heavy atom. The van der Waals surface area contributed by atoms with Gasteiger partial charge in [-0.15, -0.1) is 5.10 Å². The zero-order valence-electron chi connectivity index (χ0n) is 20.5. The first-order chi connectivity index (χ1) is 18.0. The Labute approximate surface area is 212 Å². The van der Waals surface area contributed by atoms with E-state index in [9.17, 15) is 9.59 Å². The number of benzene rings is 1. The maximum Gasteiger partial charge on any atom is 0.338 e. The number of fused-ring (bicyclic) bond motifs is 3. The van der Waals surface area contributed by atoms with Crippen LogP contribution < -0.4 is 10.6 Å². The van der Waals surface area contributed by atoms with Crippen molar-refractivity contribution in [2.75, 3.05) is 11.5 Å². The van der Waals surface area contributed by atoms with Crippen LogP contribution in [-0.2, 0) is 14.3 Å². The number of anilines is 1. The van der Waals surface area contributed by atoms with Gasteiger partial charge in [-0.1, -0.05) is 11.6 Å². The Balaban J connectivity index is 1.69. The van der Waals surface area contributed by atoms with E-state index in [1.165, 1.54) is 0 Å². The van der Waals surface area contributed by atoms with Crippen molar-refractivity contribution in [3.8, 4) is 0 Å². The molecule has 2 aliphatic rings. The molecule has 1 unspecified atom stereocenters. The average Bonchev–Trinajstić information content (AvgIpc) is 3.38. The molecule has 1 atom stereocenters. The predicted molar refractivity (Wildman–Crippen MR) is 136 cm³/mol. The molecule has 0 spiro atoms. The quantitative estimate of drug-likeness (QED) is 0.424. The SMILES string of the molecule is CCOC(=O)C1=C(N)N(c2cccnc2)C2=C(C(=O)CCC2)C1c1cc2cc(C)ccc2n2nnnc12. The van der Waals surface area contributed by atoms with Gasteiger partial charge in [-0.2, -0.15) is 4.52 Å². The lowest BCUT2D eigenvalue weighted by Crippen LogP contribution is -2.41. The van der Waals surface area contributed by atoms with E-state index in [4.69, 9.17) is 10.5 Å². The van der Waals surface area contributed by atoms with Crippen molar-refractivity contribution < 1.29 is 14.3 Å². The van der Waals surface area contributed by atoms with Crippen molar-refractivity contribution in [1.82, 2.24) is 25.0 Å². The minimum Gasteiger partial charge on any atom is -0.463 e. The van der Waals surface area contributed by atoms with E-state index in [1.54, 1.807) is 34.8 Å². The third-order valence-electron chi connectivity index (χ3n) is 6.95. The highest BCUT2D eigenvalue weighted by Gasteiger charge is 2.44. The second-order valence-electron chi connectivity index (χ2n) is 9.21. The van der Waals surface area contributed by atoms with Gasteiger partial charge in [0.25, 0.3) is 0 Å². The fraction of sp³-hybridized carbons (Fsp3) is 0.259. The summed E-state index contributed by atoms with van der Waals surface area (Å²) in [6.45, 7) is 3.90. The largest absolute Gasteiger partial charge is 0.463 e. The number of hydrogen-bond acceptors (Lipinski definition) is 9. The first kappa shape index (κ1) is 22.8. The number of allylic oxidation sites excluding steroid dienone is 2. The monoisotopic (exact) mass is 495 g/mol. The Kier molecular flexibility index (Phi) is 5.44. The summed E-state index contributed by atoms with van der Waals surface area (Å²) in [5.74, 6) is -1.20. The number of carbonyl (C=O) groups is 2. The first-order valence-corrected chi connectivity index (χ1v) is 12.2. The summed E-state index contributed by atoms with van der Waals surface area (Å²) < 4.78 is 7.13. The molecule has 0 fully saturated rings. The number of tetrazole rings is 1. The summed E-state index contributed by atoms with van der Waals surface area (Å²) in [5.41, 5.74) is 11.9. The summed E-state index contributed by atoms with van der Waals surface area (Å²) >= 11 is 0. The minimum atomic E-state index is -0.784. The fourth-order valence-corrected chi connectivity index (χ4v) is 5.44. The molecule has 4 aromatic rings. The summed E-state index contributed by atoms with van der Waals surface area (Å²) in [5, 5.41) is 13.3. The molecule has 1 aromatic carbocycles. The molecule has 186 valence electrons. The Hall–Kier alpha value is -4.60. The first-order valence-electron chi connectivity index (χ1n) is 12.2. The normalized spacial score (nSPS) is 18.1. The third-order valence-corrected chi connectivity index (χ3v) is 6.95. The van der Waals surface area contributed by atoms with E-state index in [0.717, 1.165) is 22.2 Å². The third kappa shape index (κ3) is 3.55. The number of esters is 1. The van der Waals surface area contributed by atoms with Gasteiger partial charge in [0.15, 0.2) is 11.4 Å². The molecule has 0 amide bonds. The average molecular weight is 496 g/mol.